The molecule has 0 radical (unpaired) electrons. The van der Waals surface area contributed by atoms with Gasteiger partial charge in [0.15, 0.2) is 0 Å². The van der Waals surface area contributed by atoms with Crippen molar-refractivity contribution in [3.63, 3.8) is 0 Å². The first kappa shape index (κ1) is 16.6. The first-order chi connectivity index (χ1) is 10.2. The predicted octanol–water partition coefficient (Wildman–Crippen LogP) is 2.99. The van der Waals surface area contributed by atoms with Gasteiger partial charge in [0.25, 0.3) is 0 Å². The Bertz CT molecular complexity index is 302. The molecule has 1 aliphatic heterocycles. The summed E-state index contributed by atoms with van der Waals surface area (Å²) in [4.78, 5) is 14.2. The van der Waals surface area contributed by atoms with Crippen LogP contribution in [0.3, 0.4) is 0 Å². The SMILES string of the molecule is CC1CCCN(CCNC(=O)NCCCC2CCCC2)C1. The zero-order chi connectivity index (χ0) is 14.9. The van der Waals surface area contributed by atoms with Crippen LogP contribution in [-0.4, -0.2) is 43.7 Å². The topological polar surface area (TPSA) is 44.4 Å². The Morgan fingerprint density at radius 1 is 1.10 bits per heavy atom. The maximum absolute atomic E-state index is 11.7. The third-order valence-electron chi connectivity index (χ3n) is 5.00. The molecule has 0 aromatic carbocycles. The van der Waals surface area contributed by atoms with Gasteiger partial charge < -0.3 is 15.5 Å². The molecule has 2 fully saturated rings. The molecule has 4 nitrogen and oxygen atoms in total. The number of urea groups is 1. The Hall–Kier alpha value is -0.770. The van der Waals surface area contributed by atoms with Gasteiger partial charge in [0.1, 0.15) is 0 Å². The summed E-state index contributed by atoms with van der Waals surface area (Å²) in [5, 5.41) is 5.97. The van der Waals surface area contributed by atoms with Crippen molar-refractivity contribution >= 4 is 6.03 Å². The normalized spacial score (nSPS) is 24.1. The molecular weight excluding hydrogens is 262 g/mol. The van der Waals surface area contributed by atoms with Crippen LogP contribution in [0.4, 0.5) is 4.79 Å². The molecule has 21 heavy (non-hydrogen) atoms. The molecule has 1 heterocycles. The number of piperidine rings is 1. The number of carbonyl (C=O) groups excluding carboxylic acids is 1. The molecule has 1 aliphatic carbocycles. The first-order valence-corrected chi connectivity index (χ1v) is 8.98. The van der Waals surface area contributed by atoms with Gasteiger partial charge in [0.05, 0.1) is 0 Å². The van der Waals surface area contributed by atoms with Gasteiger partial charge in [-0.25, -0.2) is 4.79 Å². The molecule has 1 unspecified atom stereocenters. The van der Waals surface area contributed by atoms with Crippen molar-refractivity contribution in [1.82, 2.24) is 15.5 Å². The minimum atomic E-state index is 0.00600. The zero-order valence-corrected chi connectivity index (χ0v) is 13.7. The van der Waals surface area contributed by atoms with Gasteiger partial charge >= 0.3 is 6.03 Å². The van der Waals surface area contributed by atoms with Crippen LogP contribution in [0.15, 0.2) is 0 Å². The third-order valence-corrected chi connectivity index (χ3v) is 5.00. The second-order valence-electron chi connectivity index (χ2n) is 7.02. The maximum Gasteiger partial charge on any atom is 0.314 e. The van der Waals surface area contributed by atoms with Crippen molar-refractivity contribution in [2.24, 2.45) is 11.8 Å². The average molecular weight is 295 g/mol. The Labute approximate surface area is 130 Å². The lowest BCUT2D eigenvalue weighted by Crippen LogP contribution is -2.43. The lowest BCUT2D eigenvalue weighted by Gasteiger charge is -2.30. The number of nitrogens with one attached hydrogen (secondary N) is 2. The van der Waals surface area contributed by atoms with Crippen molar-refractivity contribution in [2.75, 3.05) is 32.7 Å². The van der Waals surface area contributed by atoms with Gasteiger partial charge in [0, 0.05) is 26.2 Å². The Morgan fingerprint density at radius 2 is 1.86 bits per heavy atom. The number of carbonyl (C=O) groups is 1. The van der Waals surface area contributed by atoms with Crippen LogP contribution in [0, 0.1) is 11.8 Å². The van der Waals surface area contributed by atoms with Gasteiger partial charge in [-0.2, -0.15) is 0 Å². The highest BCUT2D eigenvalue weighted by Crippen LogP contribution is 2.28. The van der Waals surface area contributed by atoms with Crippen molar-refractivity contribution in [3.05, 3.63) is 0 Å². The van der Waals surface area contributed by atoms with Crippen LogP contribution in [0.5, 0.6) is 0 Å². The van der Waals surface area contributed by atoms with E-state index in [1.165, 1.54) is 58.0 Å². The predicted molar refractivity (Wildman–Crippen MR) is 87.4 cm³/mol. The summed E-state index contributed by atoms with van der Waals surface area (Å²) in [6, 6.07) is 0.00600. The third kappa shape index (κ3) is 6.68. The molecule has 4 heteroatoms. The van der Waals surface area contributed by atoms with E-state index in [0.717, 1.165) is 37.9 Å². The van der Waals surface area contributed by atoms with Crippen LogP contribution in [0.25, 0.3) is 0 Å². The zero-order valence-electron chi connectivity index (χ0n) is 13.7. The Morgan fingerprint density at radius 3 is 2.62 bits per heavy atom. The van der Waals surface area contributed by atoms with Crippen LogP contribution >= 0.6 is 0 Å². The first-order valence-electron chi connectivity index (χ1n) is 8.98. The number of likely N-dealkylation sites (tertiary alicyclic amines) is 1. The molecule has 1 saturated heterocycles. The van der Waals surface area contributed by atoms with E-state index in [1.54, 1.807) is 0 Å². The van der Waals surface area contributed by atoms with Crippen LogP contribution in [-0.2, 0) is 0 Å². The van der Waals surface area contributed by atoms with Crippen molar-refractivity contribution in [2.45, 2.75) is 58.3 Å². The molecule has 0 aromatic heterocycles. The van der Waals surface area contributed by atoms with Crippen molar-refractivity contribution in [1.29, 1.82) is 0 Å². The summed E-state index contributed by atoms with van der Waals surface area (Å²) in [7, 11) is 0. The number of rotatable bonds is 7. The van der Waals surface area contributed by atoms with E-state index in [9.17, 15) is 4.79 Å². The monoisotopic (exact) mass is 295 g/mol. The Balaban J connectivity index is 1.43. The molecule has 2 rings (SSSR count). The van der Waals surface area contributed by atoms with E-state index < -0.39 is 0 Å². The smallest absolute Gasteiger partial charge is 0.314 e. The van der Waals surface area contributed by atoms with Crippen molar-refractivity contribution in [3.8, 4) is 0 Å². The lowest BCUT2D eigenvalue weighted by atomic mass is 10.0. The highest BCUT2D eigenvalue weighted by atomic mass is 16.2. The van der Waals surface area contributed by atoms with Crippen LogP contribution < -0.4 is 10.6 Å². The van der Waals surface area contributed by atoms with Crippen LogP contribution in [0.2, 0.25) is 0 Å². The van der Waals surface area contributed by atoms with E-state index >= 15 is 0 Å². The molecule has 1 saturated carbocycles. The summed E-state index contributed by atoms with van der Waals surface area (Å²) in [5.74, 6) is 1.74. The molecule has 0 bridgehead atoms. The fourth-order valence-electron chi connectivity index (χ4n) is 3.77. The number of hydrogen-bond acceptors (Lipinski definition) is 2. The van der Waals surface area contributed by atoms with Gasteiger partial charge in [-0.1, -0.05) is 32.6 Å². The van der Waals surface area contributed by atoms with E-state index in [2.05, 4.69) is 22.5 Å². The van der Waals surface area contributed by atoms with Gasteiger partial charge in [-0.3, -0.25) is 0 Å². The molecule has 0 spiro atoms. The second kappa shape index (κ2) is 9.29. The standard InChI is InChI=1S/C17H33N3O/c1-15-6-5-12-20(14-15)13-11-19-17(21)18-10-4-9-16-7-2-3-8-16/h15-16H,2-14H2,1H3,(H2,18,19,21). The lowest BCUT2D eigenvalue weighted by molar-refractivity contribution is 0.184. The summed E-state index contributed by atoms with van der Waals surface area (Å²) >= 11 is 0. The molecule has 2 aliphatic rings. The minimum absolute atomic E-state index is 0.00600. The van der Waals surface area contributed by atoms with Gasteiger partial charge in [-0.05, 0) is 44.1 Å². The van der Waals surface area contributed by atoms with Gasteiger partial charge in [0.2, 0.25) is 0 Å². The summed E-state index contributed by atoms with van der Waals surface area (Å²) in [6.45, 7) is 7.26. The molecule has 0 aromatic rings. The second-order valence-corrected chi connectivity index (χ2v) is 7.02. The maximum atomic E-state index is 11.7. The molecule has 122 valence electrons. The molecule has 2 N–H and O–H groups in total. The minimum Gasteiger partial charge on any atom is -0.338 e. The van der Waals surface area contributed by atoms with E-state index in [-0.39, 0.29) is 6.03 Å². The van der Waals surface area contributed by atoms with Crippen LogP contribution in [0.1, 0.15) is 58.3 Å². The van der Waals surface area contributed by atoms with E-state index in [1.807, 2.05) is 0 Å². The fraction of sp³-hybridized carbons (Fsp3) is 0.941. The molecular formula is C17H33N3O. The van der Waals surface area contributed by atoms with Crippen molar-refractivity contribution < 1.29 is 4.79 Å². The number of hydrogen-bond donors (Lipinski definition) is 2. The molecule has 1 atom stereocenters. The average Bonchev–Trinajstić information content (AvgIpc) is 2.97. The largest absolute Gasteiger partial charge is 0.338 e. The summed E-state index contributed by atoms with van der Waals surface area (Å²) in [5.41, 5.74) is 0. The highest BCUT2D eigenvalue weighted by Gasteiger charge is 2.16. The number of amides is 2. The Kier molecular flexibility index (Phi) is 7.34. The fourth-order valence-corrected chi connectivity index (χ4v) is 3.77. The summed E-state index contributed by atoms with van der Waals surface area (Å²) in [6.07, 6.45) is 10.7. The summed E-state index contributed by atoms with van der Waals surface area (Å²) < 4.78 is 0. The highest BCUT2D eigenvalue weighted by molar-refractivity contribution is 5.73. The quantitative estimate of drug-likeness (QED) is 0.709. The molecule has 2 amide bonds. The van der Waals surface area contributed by atoms with Gasteiger partial charge in [-0.15, -0.1) is 0 Å². The van der Waals surface area contributed by atoms with E-state index in [0.29, 0.717) is 0 Å². The number of nitrogens with zero attached hydrogens (tertiary/aromatic N) is 1. The van der Waals surface area contributed by atoms with E-state index in [4.69, 9.17) is 0 Å².